The van der Waals surface area contributed by atoms with Crippen molar-refractivity contribution >= 4 is 12.1 Å². The van der Waals surface area contributed by atoms with Crippen molar-refractivity contribution in [3.63, 3.8) is 0 Å². The van der Waals surface area contributed by atoms with E-state index in [0.29, 0.717) is 50.2 Å². The first-order chi connectivity index (χ1) is 18.4. The minimum absolute atomic E-state index is 0.124. The average molecular weight is 537 g/mol. The zero-order valence-corrected chi connectivity index (χ0v) is 22.8. The van der Waals surface area contributed by atoms with E-state index in [1.165, 1.54) is 5.56 Å². The number of aliphatic hydroxyl groups is 1. The highest BCUT2D eigenvalue weighted by atomic mass is 16.7. The van der Waals surface area contributed by atoms with Crippen molar-refractivity contribution in [1.29, 1.82) is 0 Å². The van der Waals surface area contributed by atoms with E-state index < -0.39 is 18.2 Å². The Hall–Kier alpha value is -2.36. The van der Waals surface area contributed by atoms with E-state index in [2.05, 4.69) is 13.0 Å². The SMILES string of the molecule is CCCCCC(CCC1C2Cc3cccc(OCC(=O)O)c3CC2C[C@H]1O)OC(=O)OCCOCCOC. The van der Waals surface area contributed by atoms with E-state index in [1.54, 1.807) is 7.11 Å². The Morgan fingerprint density at radius 3 is 2.66 bits per heavy atom. The Balaban J connectivity index is 1.55. The molecule has 0 amide bonds. The molecule has 1 aromatic rings. The molecule has 0 saturated heterocycles. The third-order valence-electron chi connectivity index (χ3n) is 7.79. The summed E-state index contributed by atoms with van der Waals surface area (Å²) in [5.74, 6) is 0.412. The first kappa shape index (κ1) is 30.2. The summed E-state index contributed by atoms with van der Waals surface area (Å²) >= 11 is 0. The van der Waals surface area contributed by atoms with Gasteiger partial charge in [0.1, 0.15) is 18.5 Å². The number of carboxylic acid groups (broad SMARTS) is 1. The third kappa shape index (κ3) is 9.13. The highest BCUT2D eigenvalue weighted by molar-refractivity contribution is 5.68. The molecule has 9 nitrogen and oxygen atoms in total. The molecule has 0 aliphatic heterocycles. The van der Waals surface area contributed by atoms with Gasteiger partial charge in [-0.3, -0.25) is 0 Å². The molecule has 0 bridgehead atoms. The van der Waals surface area contributed by atoms with Gasteiger partial charge in [-0.05, 0) is 79.9 Å². The van der Waals surface area contributed by atoms with Crippen LogP contribution in [0.3, 0.4) is 0 Å². The number of rotatable bonds is 17. The van der Waals surface area contributed by atoms with Crippen LogP contribution in [0.5, 0.6) is 5.75 Å². The molecule has 2 aliphatic rings. The van der Waals surface area contributed by atoms with Crippen LogP contribution in [0.15, 0.2) is 18.2 Å². The maximum atomic E-state index is 12.3. The van der Waals surface area contributed by atoms with Gasteiger partial charge in [-0.1, -0.05) is 31.9 Å². The standard InChI is InChI=1S/C29H44O9/c1-3-4-5-8-22(38-29(33)36-15-14-35-13-12-34-2)10-11-23-24-16-20-7-6-9-27(37-19-28(31)32)25(20)17-21(24)18-26(23)30/h6-7,9,21-24,26,30H,3-5,8,10-19H2,1-2H3,(H,31,32)/t21?,22?,23?,24?,26-/m1/s1. The number of unbranched alkanes of at least 4 members (excludes halogenated alkanes) is 2. The van der Waals surface area contributed by atoms with Crippen LogP contribution in [-0.4, -0.2) is 74.7 Å². The maximum absolute atomic E-state index is 12.3. The van der Waals surface area contributed by atoms with Gasteiger partial charge >= 0.3 is 12.1 Å². The number of fused-ring (bicyclic) bond motifs is 2. The molecule has 2 aliphatic carbocycles. The van der Waals surface area contributed by atoms with Crippen molar-refractivity contribution in [2.24, 2.45) is 17.8 Å². The van der Waals surface area contributed by atoms with Crippen molar-refractivity contribution < 1.29 is 43.5 Å². The van der Waals surface area contributed by atoms with Crippen molar-refractivity contribution in [2.75, 3.05) is 40.1 Å². The van der Waals surface area contributed by atoms with Gasteiger partial charge in [0, 0.05) is 7.11 Å². The first-order valence-corrected chi connectivity index (χ1v) is 14.0. The molecule has 0 aromatic heterocycles. The van der Waals surface area contributed by atoms with E-state index in [0.717, 1.165) is 50.5 Å². The maximum Gasteiger partial charge on any atom is 0.508 e. The Morgan fingerprint density at radius 1 is 1.08 bits per heavy atom. The predicted molar refractivity (Wildman–Crippen MR) is 140 cm³/mol. The lowest BCUT2D eigenvalue weighted by Crippen LogP contribution is -2.29. The number of hydrogen-bond donors (Lipinski definition) is 2. The van der Waals surface area contributed by atoms with Gasteiger partial charge in [0.25, 0.3) is 0 Å². The lowest BCUT2D eigenvalue weighted by molar-refractivity contribution is -0.139. The number of ether oxygens (including phenoxy) is 5. The van der Waals surface area contributed by atoms with Crippen LogP contribution in [-0.2, 0) is 36.6 Å². The van der Waals surface area contributed by atoms with E-state index in [4.69, 9.17) is 28.8 Å². The minimum atomic E-state index is -0.998. The predicted octanol–water partition coefficient (Wildman–Crippen LogP) is 4.41. The molecule has 1 fully saturated rings. The van der Waals surface area contributed by atoms with Crippen molar-refractivity contribution in [3.8, 4) is 5.75 Å². The van der Waals surface area contributed by atoms with Crippen molar-refractivity contribution in [3.05, 3.63) is 29.3 Å². The summed E-state index contributed by atoms with van der Waals surface area (Å²) in [7, 11) is 1.60. The number of carbonyl (C=O) groups excluding carboxylic acids is 1. The van der Waals surface area contributed by atoms with Crippen LogP contribution in [0.4, 0.5) is 4.79 Å². The normalized spacial score (nSPS) is 22.8. The van der Waals surface area contributed by atoms with E-state index in [1.807, 2.05) is 12.1 Å². The minimum Gasteiger partial charge on any atom is -0.482 e. The lowest BCUT2D eigenvalue weighted by atomic mass is 9.73. The molecular weight excluding hydrogens is 492 g/mol. The molecule has 0 radical (unpaired) electrons. The van der Waals surface area contributed by atoms with Crippen LogP contribution >= 0.6 is 0 Å². The highest BCUT2D eigenvalue weighted by Gasteiger charge is 2.45. The highest BCUT2D eigenvalue weighted by Crippen LogP contribution is 2.48. The third-order valence-corrected chi connectivity index (χ3v) is 7.79. The Bertz CT molecular complexity index is 874. The quantitative estimate of drug-likeness (QED) is 0.220. The topological polar surface area (TPSA) is 121 Å². The molecule has 214 valence electrons. The van der Waals surface area contributed by atoms with Gasteiger partial charge in [0.15, 0.2) is 6.61 Å². The summed E-state index contributed by atoms with van der Waals surface area (Å²) in [4.78, 5) is 23.3. The summed E-state index contributed by atoms with van der Waals surface area (Å²) < 4.78 is 26.7. The lowest BCUT2D eigenvalue weighted by Gasteiger charge is -2.32. The Kier molecular flexibility index (Phi) is 12.6. The molecule has 1 aromatic carbocycles. The summed E-state index contributed by atoms with van der Waals surface area (Å²) in [5.41, 5.74) is 2.23. The molecule has 5 atom stereocenters. The monoisotopic (exact) mass is 536 g/mol. The second-order valence-corrected chi connectivity index (χ2v) is 10.4. The molecule has 38 heavy (non-hydrogen) atoms. The fourth-order valence-electron chi connectivity index (χ4n) is 5.94. The summed E-state index contributed by atoms with van der Waals surface area (Å²) in [6.45, 7) is 3.14. The summed E-state index contributed by atoms with van der Waals surface area (Å²) in [6.07, 6.45) is 6.35. The summed E-state index contributed by atoms with van der Waals surface area (Å²) in [5, 5.41) is 20.0. The molecule has 9 heteroatoms. The Morgan fingerprint density at radius 2 is 1.89 bits per heavy atom. The van der Waals surface area contributed by atoms with E-state index >= 15 is 0 Å². The van der Waals surface area contributed by atoms with Crippen LogP contribution in [0.25, 0.3) is 0 Å². The number of carboxylic acids is 1. The average Bonchev–Trinajstić information content (AvgIpc) is 3.20. The van der Waals surface area contributed by atoms with Gasteiger partial charge in [-0.25, -0.2) is 9.59 Å². The van der Waals surface area contributed by atoms with Crippen LogP contribution < -0.4 is 4.74 Å². The van der Waals surface area contributed by atoms with Crippen LogP contribution in [0.1, 0.15) is 63.0 Å². The van der Waals surface area contributed by atoms with Gasteiger partial charge in [-0.15, -0.1) is 0 Å². The first-order valence-electron chi connectivity index (χ1n) is 14.0. The largest absolute Gasteiger partial charge is 0.508 e. The van der Waals surface area contributed by atoms with Gasteiger partial charge in [0.2, 0.25) is 0 Å². The second kappa shape index (κ2) is 15.9. The van der Waals surface area contributed by atoms with Gasteiger partial charge in [-0.2, -0.15) is 0 Å². The fraction of sp³-hybridized carbons (Fsp3) is 0.724. The van der Waals surface area contributed by atoms with Crippen molar-refractivity contribution in [1.82, 2.24) is 0 Å². The molecule has 0 spiro atoms. The van der Waals surface area contributed by atoms with E-state index in [9.17, 15) is 14.7 Å². The summed E-state index contributed by atoms with van der Waals surface area (Å²) in [6, 6.07) is 5.81. The number of hydrogen-bond acceptors (Lipinski definition) is 8. The molecule has 3 rings (SSSR count). The van der Waals surface area contributed by atoms with Crippen LogP contribution in [0.2, 0.25) is 0 Å². The van der Waals surface area contributed by atoms with Gasteiger partial charge in [0.05, 0.1) is 25.9 Å². The molecule has 1 saturated carbocycles. The molecule has 4 unspecified atom stereocenters. The Labute approximate surface area is 225 Å². The zero-order chi connectivity index (χ0) is 27.3. The molecular formula is C29H44O9. The number of carbonyl (C=O) groups is 2. The number of benzene rings is 1. The fourth-order valence-corrected chi connectivity index (χ4v) is 5.94. The smallest absolute Gasteiger partial charge is 0.482 e. The number of aliphatic hydroxyl groups excluding tert-OH is 1. The van der Waals surface area contributed by atoms with E-state index in [-0.39, 0.29) is 25.2 Å². The zero-order valence-electron chi connectivity index (χ0n) is 22.8. The van der Waals surface area contributed by atoms with Crippen LogP contribution in [0, 0.1) is 17.8 Å². The number of methoxy groups -OCH3 is 1. The molecule has 0 heterocycles. The van der Waals surface area contributed by atoms with Gasteiger partial charge < -0.3 is 33.9 Å². The molecule has 2 N–H and O–H groups in total. The second-order valence-electron chi connectivity index (χ2n) is 10.4. The van der Waals surface area contributed by atoms with Crippen molar-refractivity contribution in [2.45, 2.75) is 76.9 Å². The number of aliphatic carboxylic acids is 1.